The maximum absolute atomic E-state index is 13.7. The van der Waals surface area contributed by atoms with Crippen LogP contribution in [0.2, 0.25) is 0 Å². The lowest BCUT2D eigenvalue weighted by molar-refractivity contribution is 0.257. The number of halogens is 1. The van der Waals surface area contributed by atoms with Crippen molar-refractivity contribution in [2.75, 3.05) is 38.7 Å². The average Bonchev–Trinajstić information content (AvgIpc) is 2.36. The van der Waals surface area contributed by atoms with Crippen LogP contribution in [0.25, 0.3) is 0 Å². The summed E-state index contributed by atoms with van der Waals surface area (Å²) in [5.74, 6) is -0.0589. The van der Waals surface area contributed by atoms with Gasteiger partial charge in [0.15, 0.2) is 0 Å². The third kappa shape index (κ3) is 5.98. The normalized spacial score (nSPS) is 13.7. The van der Waals surface area contributed by atoms with Crippen LogP contribution < -0.4 is 5.32 Å². The highest BCUT2D eigenvalue weighted by Gasteiger charge is 2.14. The number of hydrogen-bond acceptors (Lipinski definition) is 4. The van der Waals surface area contributed by atoms with Crippen molar-refractivity contribution < 1.29 is 12.8 Å². The van der Waals surface area contributed by atoms with Crippen LogP contribution in [0.15, 0.2) is 24.3 Å². The van der Waals surface area contributed by atoms with Gasteiger partial charge in [0.1, 0.15) is 15.7 Å². The summed E-state index contributed by atoms with van der Waals surface area (Å²) in [4.78, 5) is 2.03. The summed E-state index contributed by atoms with van der Waals surface area (Å²) in [7, 11) is -0.990. The molecule has 1 aromatic rings. The number of hydrogen-bond donors (Lipinski definition) is 1. The number of likely N-dealkylation sites (N-methyl/N-ethyl adjacent to an activating group) is 1. The molecule has 114 valence electrons. The summed E-state index contributed by atoms with van der Waals surface area (Å²) in [6, 6.07) is 6.73. The zero-order valence-corrected chi connectivity index (χ0v) is 13.1. The Morgan fingerprint density at radius 3 is 2.55 bits per heavy atom. The third-order valence-corrected chi connectivity index (χ3v) is 4.25. The van der Waals surface area contributed by atoms with E-state index in [1.807, 2.05) is 24.9 Å². The maximum atomic E-state index is 13.7. The lowest BCUT2D eigenvalue weighted by atomic mass is 10.1. The molecule has 20 heavy (non-hydrogen) atoms. The lowest BCUT2D eigenvalue weighted by Gasteiger charge is -2.25. The van der Waals surface area contributed by atoms with Crippen molar-refractivity contribution >= 4 is 9.84 Å². The Hall–Kier alpha value is -0.980. The van der Waals surface area contributed by atoms with Crippen LogP contribution in [0.4, 0.5) is 4.39 Å². The first kappa shape index (κ1) is 17.1. The minimum absolute atomic E-state index is 0.0205. The second-order valence-corrected chi connectivity index (χ2v) is 7.32. The Bertz CT molecular complexity index is 520. The van der Waals surface area contributed by atoms with Crippen molar-refractivity contribution in [2.24, 2.45) is 0 Å². The van der Waals surface area contributed by atoms with Crippen LogP contribution in [0.1, 0.15) is 18.5 Å². The van der Waals surface area contributed by atoms with Crippen LogP contribution >= 0.6 is 0 Å². The average molecular weight is 302 g/mol. The molecule has 1 aromatic carbocycles. The van der Waals surface area contributed by atoms with E-state index in [4.69, 9.17) is 0 Å². The summed E-state index contributed by atoms with van der Waals surface area (Å²) in [5.41, 5.74) is 0.672. The molecule has 1 unspecified atom stereocenters. The largest absolute Gasteiger partial charge is 0.314 e. The van der Waals surface area contributed by atoms with Gasteiger partial charge in [-0.05, 0) is 20.0 Å². The molecule has 0 heterocycles. The summed E-state index contributed by atoms with van der Waals surface area (Å²) in [6.45, 7) is 3.79. The van der Waals surface area contributed by atoms with E-state index in [1.165, 1.54) is 12.3 Å². The Labute approximate surface area is 120 Å². The number of rotatable bonds is 8. The van der Waals surface area contributed by atoms with Gasteiger partial charge in [0, 0.05) is 37.5 Å². The summed E-state index contributed by atoms with van der Waals surface area (Å²) < 4.78 is 35.6. The number of nitrogens with one attached hydrogen (secondary N) is 1. The molecule has 0 fully saturated rings. The summed E-state index contributed by atoms with van der Waals surface area (Å²) in [5, 5.41) is 3.08. The fraction of sp³-hybridized carbons (Fsp3) is 0.571. The predicted molar refractivity (Wildman–Crippen MR) is 80.0 cm³/mol. The lowest BCUT2D eigenvalue weighted by Crippen LogP contribution is -2.33. The minimum Gasteiger partial charge on any atom is -0.314 e. The quantitative estimate of drug-likeness (QED) is 0.739. The van der Waals surface area contributed by atoms with Crippen molar-refractivity contribution in [3.63, 3.8) is 0 Å². The van der Waals surface area contributed by atoms with E-state index in [0.717, 1.165) is 6.54 Å². The SMILES string of the molecule is CC(c1ccccc1F)N(C)CCNCCS(C)(=O)=O. The van der Waals surface area contributed by atoms with E-state index in [1.54, 1.807) is 12.1 Å². The van der Waals surface area contributed by atoms with E-state index in [2.05, 4.69) is 5.32 Å². The first-order valence-corrected chi connectivity index (χ1v) is 8.70. The maximum Gasteiger partial charge on any atom is 0.148 e. The number of nitrogens with zero attached hydrogens (tertiary/aromatic N) is 1. The molecule has 1 rings (SSSR count). The van der Waals surface area contributed by atoms with Crippen LogP contribution in [0, 0.1) is 5.82 Å². The van der Waals surface area contributed by atoms with Crippen LogP contribution in [-0.4, -0.2) is 52.0 Å². The zero-order valence-electron chi connectivity index (χ0n) is 12.3. The smallest absolute Gasteiger partial charge is 0.148 e. The second kappa shape index (κ2) is 7.71. The van der Waals surface area contributed by atoms with Crippen molar-refractivity contribution in [1.82, 2.24) is 10.2 Å². The van der Waals surface area contributed by atoms with E-state index >= 15 is 0 Å². The first-order valence-electron chi connectivity index (χ1n) is 6.64. The van der Waals surface area contributed by atoms with Gasteiger partial charge in [-0.15, -0.1) is 0 Å². The molecular formula is C14H23FN2O2S. The van der Waals surface area contributed by atoms with Gasteiger partial charge in [-0.3, -0.25) is 4.90 Å². The molecule has 0 bridgehead atoms. The highest BCUT2D eigenvalue weighted by atomic mass is 32.2. The molecule has 6 heteroatoms. The van der Waals surface area contributed by atoms with Gasteiger partial charge in [-0.1, -0.05) is 18.2 Å². The molecule has 1 atom stereocenters. The van der Waals surface area contributed by atoms with E-state index < -0.39 is 9.84 Å². The minimum atomic E-state index is -2.92. The molecule has 0 radical (unpaired) electrons. The van der Waals surface area contributed by atoms with Gasteiger partial charge >= 0.3 is 0 Å². The summed E-state index contributed by atoms with van der Waals surface area (Å²) in [6.07, 6.45) is 1.22. The van der Waals surface area contributed by atoms with Gasteiger partial charge in [0.2, 0.25) is 0 Å². The van der Waals surface area contributed by atoms with Gasteiger partial charge in [-0.2, -0.15) is 0 Å². The molecule has 0 aromatic heterocycles. The predicted octanol–water partition coefficient (Wildman–Crippen LogP) is 1.45. The Balaban J connectivity index is 2.36. The van der Waals surface area contributed by atoms with Crippen LogP contribution in [0.5, 0.6) is 0 Å². The Morgan fingerprint density at radius 1 is 1.30 bits per heavy atom. The van der Waals surface area contributed by atoms with Crippen molar-refractivity contribution in [3.8, 4) is 0 Å². The van der Waals surface area contributed by atoms with Gasteiger partial charge in [-0.25, -0.2) is 12.8 Å². The van der Waals surface area contributed by atoms with Gasteiger partial charge in [0.05, 0.1) is 5.75 Å². The monoisotopic (exact) mass is 302 g/mol. The molecule has 0 amide bonds. The van der Waals surface area contributed by atoms with Crippen LogP contribution in [0.3, 0.4) is 0 Å². The fourth-order valence-electron chi connectivity index (χ4n) is 1.88. The van der Waals surface area contributed by atoms with Crippen molar-refractivity contribution in [3.05, 3.63) is 35.6 Å². The highest BCUT2D eigenvalue weighted by Crippen LogP contribution is 2.20. The Morgan fingerprint density at radius 2 is 1.95 bits per heavy atom. The molecule has 0 aliphatic rings. The fourth-order valence-corrected chi connectivity index (χ4v) is 2.40. The highest BCUT2D eigenvalue weighted by molar-refractivity contribution is 7.90. The molecule has 0 saturated heterocycles. The van der Waals surface area contributed by atoms with Gasteiger partial charge < -0.3 is 5.32 Å². The molecule has 0 saturated carbocycles. The van der Waals surface area contributed by atoms with E-state index in [9.17, 15) is 12.8 Å². The van der Waals surface area contributed by atoms with Gasteiger partial charge in [0.25, 0.3) is 0 Å². The molecular weight excluding hydrogens is 279 g/mol. The van der Waals surface area contributed by atoms with E-state index in [-0.39, 0.29) is 17.6 Å². The molecule has 1 N–H and O–H groups in total. The molecule has 0 aliphatic heterocycles. The molecule has 0 aliphatic carbocycles. The van der Waals surface area contributed by atoms with Crippen LogP contribution in [-0.2, 0) is 9.84 Å². The zero-order chi connectivity index (χ0) is 15.2. The van der Waals surface area contributed by atoms with E-state index in [0.29, 0.717) is 18.7 Å². The molecule has 0 spiro atoms. The summed E-state index contributed by atoms with van der Waals surface area (Å²) >= 11 is 0. The van der Waals surface area contributed by atoms with Crippen molar-refractivity contribution in [2.45, 2.75) is 13.0 Å². The standard InChI is InChI=1S/C14H23FN2O2S/c1-12(13-6-4-5-7-14(13)15)17(2)10-8-16-9-11-20(3,18)19/h4-7,12,16H,8-11H2,1-3H3. The topological polar surface area (TPSA) is 49.4 Å². The first-order chi connectivity index (χ1) is 9.31. The number of benzene rings is 1. The number of sulfone groups is 1. The Kier molecular flexibility index (Phi) is 6.58. The third-order valence-electron chi connectivity index (χ3n) is 3.31. The van der Waals surface area contributed by atoms with Crippen molar-refractivity contribution in [1.29, 1.82) is 0 Å². The molecule has 4 nitrogen and oxygen atoms in total. The second-order valence-electron chi connectivity index (χ2n) is 5.06.